The molecule has 0 saturated carbocycles. The Morgan fingerprint density at radius 1 is 1.17 bits per heavy atom. The molecule has 2 amide bonds. The number of rotatable bonds is 8. The number of aryl methyl sites for hydroxylation is 2. The van der Waals surface area contributed by atoms with E-state index in [1.165, 1.54) is 6.21 Å². The molecule has 0 unspecified atom stereocenters. The van der Waals surface area contributed by atoms with Crippen LogP contribution < -0.4 is 15.5 Å². The number of ether oxygens (including phenoxy) is 1. The highest BCUT2D eigenvalue weighted by Crippen LogP contribution is 2.32. The summed E-state index contributed by atoms with van der Waals surface area (Å²) >= 11 is 1.99. The predicted molar refractivity (Wildman–Crippen MR) is 122 cm³/mol. The van der Waals surface area contributed by atoms with Gasteiger partial charge in [-0.2, -0.15) is 5.10 Å². The number of hydrogen-bond donors (Lipinski definition) is 3. The number of benzene rings is 2. The van der Waals surface area contributed by atoms with Crippen LogP contribution in [0, 0.1) is 17.4 Å². The van der Waals surface area contributed by atoms with Gasteiger partial charge in [0.05, 0.1) is 16.4 Å². The summed E-state index contributed by atoms with van der Waals surface area (Å²) in [5.74, 6) is -0.165. The lowest BCUT2D eigenvalue weighted by Gasteiger charge is -2.09. The molecular weight excluding hydrogens is 485 g/mol. The van der Waals surface area contributed by atoms with E-state index in [0.29, 0.717) is 21.5 Å². The predicted octanol–water partition coefficient (Wildman–Crippen LogP) is 3.88. The van der Waals surface area contributed by atoms with Crippen LogP contribution in [0.25, 0.3) is 0 Å². The van der Waals surface area contributed by atoms with E-state index in [-0.39, 0.29) is 30.4 Å². The third-order valence-corrected chi connectivity index (χ3v) is 4.82. The Kier molecular flexibility index (Phi) is 8.44. The minimum Gasteiger partial charge on any atom is -0.504 e. The van der Waals surface area contributed by atoms with Gasteiger partial charge in [0.25, 0.3) is 0 Å². The Bertz CT molecular complexity index is 928. The molecule has 8 heteroatoms. The van der Waals surface area contributed by atoms with Crippen LogP contribution in [0.15, 0.2) is 35.4 Å². The third kappa shape index (κ3) is 7.04. The van der Waals surface area contributed by atoms with Crippen LogP contribution in [0.4, 0.5) is 5.69 Å². The number of nitrogens with one attached hydrogen (secondary N) is 2. The van der Waals surface area contributed by atoms with Crippen LogP contribution in [0.1, 0.15) is 36.5 Å². The van der Waals surface area contributed by atoms with Gasteiger partial charge in [0.15, 0.2) is 11.5 Å². The van der Waals surface area contributed by atoms with Gasteiger partial charge in [0.1, 0.15) is 0 Å². The average Bonchev–Trinajstić information content (AvgIpc) is 2.67. The van der Waals surface area contributed by atoms with Crippen molar-refractivity contribution in [3.63, 3.8) is 0 Å². The van der Waals surface area contributed by atoms with Crippen molar-refractivity contribution in [2.75, 3.05) is 11.9 Å². The Hall–Kier alpha value is -2.62. The number of aromatic hydroxyl groups is 1. The molecule has 0 radical (unpaired) electrons. The molecule has 154 valence electrons. The lowest BCUT2D eigenvalue weighted by molar-refractivity contribution is -0.124. The molecule has 0 bridgehead atoms. The highest BCUT2D eigenvalue weighted by molar-refractivity contribution is 14.1. The van der Waals surface area contributed by atoms with Gasteiger partial charge in [-0.05, 0) is 78.3 Å². The molecular formula is C21H24IN3O4. The molecule has 0 aliphatic carbocycles. The molecule has 0 spiro atoms. The van der Waals surface area contributed by atoms with E-state index in [1.807, 2.05) is 61.6 Å². The first-order chi connectivity index (χ1) is 13.8. The summed E-state index contributed by atoms with van der Waals surface area (Å²) in [6, 6.07) is 9.16. The van der Waals surface area contributed by atoms with Crippen molar-refractivity contribution in [2.24, 2.45) is 5.10 Å². The van der Waals surface area contributed by atoms with Crippen molar-refractivity contribution < 1.29 is 19.4 Å². The maximum absolute atomic E-state index is 12.1. The topological polar surface area (TPSA) is 100 Å². The summed E-state index contributed by atoms with van der Waals surface area (Å²) in [6.07, 6.45) is 1.53. The second kappa shape index (κ2) is 10.8. The molecule has 29 heavy (non-hydrogen) atoms. The molecule has 2 rings (SSSR count). The Balaban J connectivity index is 1.85. The molecule has 3 N–H and O–H groups in total. The molecule has 7 nitrogen and oxygen atoms in total. The quantitative estimate of drug-likeness (QED) is 0.286. The van der Waals surface area contributed by atoms with Crippen LogP contribution in [0.3, 0.4) is 0 Å². The molecule has 0 aliphatic heterocycles. The van der Waals surface area contributed by atoms with E-state index < -0.39 is 0 Å². The number of amides is 2. The van der Waals surface area contributed by atoms with Gasteiger partial charge in [0, 0.05) is 18.5 Å². The Labute approximate surface area is 183 Å². The van der Waals surface area contributed by atoms with Gasteiger partial charge in [-0.1, -0.05) is 12.1 Å². The molecule has 0 saturated heterocycles. The summed E-state index contributed by atoms with van der Waals surface area (Å²) in [7, 11) is 0. The normalized spacial score (nSPS) is 10.8. The van der Waals surface area contributed by atoms with Crippen molar-refractivity contribution in [3.8, 4) is 11.5 Å². The van der Waals surface area contributed by atoms with E-state index >= 15 is 0 Å². The standard InChI is InChI=1S/C21H24IN3O4/c1-4-29-18-11-15(10-16(22)21(18)28)12-23-25-20(27)8-7-19(26)24-17-9-13(2)5-6-14(17)3/h5-6,9-12,28H,4,7-8H2,1-3H3,(H,24,26)(H,25,27). The first kappa shape index (κ1) is 22.7. The maximum Gasteiger partial charge on any atom is 0.240 e. The summed E-state index contributed by atoms with van der Waals surface area (Å²) in [5.41, 5.74) is 5.84. The van der Waals surface area contributed by atoms with Gasteiger partial charge in [-0.25, -0.2) is 5.43 Å². The maximum atomic E-state index is 12.1. The van der Waals surface area contributed by atoms with Crippen molar-refractivity contribution in [2.45, 2.75) is 33.6 Å². The van der Waals surface area contributed by atoms with Crippen molar-refractivity contribution in [1.82, 2.24) is 5.43 Å². The number of hydrazone groups is 1. The van der Waals surface area contributed by atoms with Crippen LogP contribution in [-0.4, -0.2) is 29.7 Å². The number of halogens is 1. The second-order valence-corrected chi connectivity index (χ2v) is 7.60. The second-order valence-electron chi connectivity index (χ2n) is 6.44. The van der Waals surface area contributed by atoms with Crippen molar-refractivity contribution in [1.29, 1.82) is 0 Å². The third-order valence-electron chi connectivity index (χ3n) is 4.00. The van der Waals surface area contributed by atoms with E-state index in [4.69, 9.17) is 4.74 Å². The fourth-order valence-corrected chi connectivity index (χ4v) is 3.10. The zero-order valence-corrected chi connectivity index (χ0v) is 18.7. The number of carbonyl (C=O) groups excluding carboxylic acids is 2. The van der Waals surface area contributed by atoms with Crippen LogP contribution in [0.5, 0.6) is 11.5 Å². The van der Waals surface area contributed by atoms with Gasteiger partial charge < -0.3 is 15.2 Å². The largest absolute Gasteiger partial charge is 0.504 e. The minimum absolute atomic E-state index is 0.0192. The van der Waals surface area contributed by atoms with Crippen LogP contribution in [-0.2, 0) is 9.59 Å². The SMILES string of the molecule is CCOc1cc(C=NNC(=O)CCC(=O)Nc2cc(C)ccc2C)cc(I)c1O. The monoisotopic (exact) mass is 509 g/mol. The van der Waals surface area contributed by atoms with Crippen LogP contribution in [0.2, 0.25) is 0 Å². The number of carbonyl (C=O) groups is 2. The molecule has 2 aromatic carbocycles. The summed E-state index contributed by atoms with van der Waals surface area (Å²) < 4.78 is 5.98. The first-order valence-corrected chi connectivity index (χ1v) is 10.2. The number of anilines is 1. The molecule has 0 aliphatic rings. The molecule has 0 heterocycles. The van der Waals surface area contributed by atoms with Crippen LogP contribution >= 0.6 is 22.6 Å². The summed E-state index contributed by atoms with van der Waals surface area (Å²) in [6.45, 7) is 6.11. The van der Waals surface area contributed by atoms with Gasteiger partial charge in [0.2, 0.25) is 11.8 Å². The lowest BCUT2D eigenvalue weighted by atomic mass is 10.1. The van der Waals surface area contributed by atoms with Crippen molar-refractivity contribution >= 4 is 46.3 Å². The smallest absolute Gasteiger partial charge is 0.240 e. The number of phenols is 1. The summed E-state index contributed by atoms with van der Waals surface area (Å²) in [4.78, 5) is 24.0. The zero-order chi connectivity index (χ0) is 21.4. The van der Waals surface area contributed by atoms with E-state index in [2.05, 4.69) is 15.8 Å². The van der Waals surface area contributed by atoms with Gasteiger partial charge in [-0.15, -0.1) is 0 Å². The summed E-state index contributed by atoms with van der Waals surface area (Å²) in [5, 5.41) is 16.7. The van der Waals surface area contributed by atoms with E-state index in [1.54, 1.807) is 12.1 Å². The van der Waals surface area contributed by atoms with E-state index in [9.17, 15) is 14.7 Å². The average molecular weight is 509 g/mol. The Morgan fingerprint density at radius 2 is 1.90 bits per heavy atom. The number of phenolic OH excluding ortho intramolecular Hbond substituents is 1. The number of nitrogens with zero attached hydrogens (tertiary/aromatic N) is 1. The van der Waals surface area contributed by atoms with E-state index in [0.717, 1.165) is 16.8 Å². The highest BCUT2D eigenvalue weighted by Gasteiger charge is 2.10. The Morgan fingerprint density at radius 3 is 2.62 bits per heavy atom. The fraction of sp³-hybridized carbons (Fsp3) is 0.286. The van der Waals surface area contributed by atoms with Gasteiger partial charge >= 0.3 is 0 Å². The molecule has 0 atom stereocenters. The number of hydrogen-bond acceptors (Lipinski definition) is 5. The first-order valence-electron chi connectivity index (χ1n) is 9.14. The minimum atomic E-state index is -0.365. The lowest BCUT2D eigenvalue weighted by Crippen LogP contribution is -2.21. The zero-order valence-electron chi connectivity index (χ0n) is 16.6. The van der Waals surface area contributed by atoms with Gasteiger partial charge in [-0.3, -0.25) is 9.59 Å². The molecule has 0 fully saturated rings. The van der Waals surface area contributed by atoms with Crippen molar-refractivity contribution in [3.05, 3.63) is 50.6 Å². The highest BCUT2D eigenvalue weighted by atomic mass is 127. The fourth-order valence-electron chi connectivity index (χ4n) is 2.48. The molecule has 0 aromatic heterocycles. The molecule has 2 aromatic rings.